The molecule has 0 saturated heterocycles. The van der Waals surface area contributed by atoms with Gasteiger partial charge in [0.1, 0.15) is 4.88 Å². The number of anilines is 1. The van der Waals surface area contributed by atoms with Gasteiger partial charge in [0.2, 0.25) is 0 Å². The van der Waals surface area contributed by atoms with Gasteiger partial charge in [-0.3, -0.25) is 4.79 Å². The predicted octanol–water partition coefficient (Wildman–Crippen LogP) is 3.30. The number of hydrogen-bond acceptors (Lipinski definition) is 3. The molecule has 0 saturated carbocycles. The van der Waals surface area contributed by atoms with Crippen molar-refractivity contribution in [1.29, 1.82) is 0 Å². The lowest BCUT2D eigenvalue weighted by Crippen LogP contribution is -2.30. The molecule has 0 aliphatic carbocycles. The molecule has 0 aliphatic rings. The van der Waals surface area contributed by atoms with Gasteiger partial charge in [0.05, 0.1) is 5.69 Å². The molecule has 3 nitrogen and oxygen atoms in total. The van der Waals surface area contributed by atoms with E-state index in [2.05, 4.69) is 19.1 Å². The van der Waals surface area contributed by atoms with Crippen molar-refractivity contribution in [2.24, 2.45) is 0 Å². The number of amides is 1. The zero-order valence-electron chi connectivity index (χ0n) is 11.2. The molecule has 0 atom stereocenters. The number of rotatable bonds is 4. The first-order valence-corrected chi connectivity index (χ1v) is 7.18. The molecule has 1 aromatic carbocycles. The zero-order chi connectivity index (χ0) is 13.8. The van der Waals surface area contributed by atoms with Crippen LogP contribution < -0.4 is 5.73 Å². The number of nitrogens with zero attached hydrogens (tertiary/aromatic N) is 1. The molecular weight excluding hydrogens is 256 g/mol. The monoisotopic (exact) mass is 274 g/mol. The standard InChI is InChI=1S/C15H18N2OS/c1-3-17(10-12-7-5-4-6-11(12)2)15(18)14-13(16)8-9-19-14/h4-9H,3,10,16H2,1-2H3. The minimum Gasteiger partial charge on any atom is -0.397 e. The Hall–Kier alpha value is -1.81. The van der Waals surface area contributed by atoms with E-state index in [-0.39, 0.29) is 5.91 Å². The number of thiophene rings is 1. The summed E-state index contributed by atoms with van der Waals surface area (Å²) in [6.45, 7) is 5.34. The average molecular weight is 274 g/mol. The van der Waals surface area contributed by atoms with Crippen LogP contribution in [-0.4, -0.2) is 17.4 Å². The topological polar surface area (TPSA) is 46.3 Å². The summed E-state index contributed by atoms with van der Waals surface area (Å²) in [5.74, 6) is 0.0123. The fraction of sp³-hybridized carbons (Fsp3) is 0.267. The lowest BCUT2D eigenvalue weighted by molar-refractivity contribution is 0.0758. The predicted molar refractivity (Wildman–Crippen MR) is 80.3 cm³/mol. The number of aryl methyl sites for hydroxylation is 1. The Kier molecular flexibility index (Phi) is 4.22. The van der Waals surface area contributed by atoms with E-state index < -0.39 is 0 Å². The van der Waals surface area contributed by atoms with Gasteiger partial charge in [-0.05, 0) is 36.4 Å². The highest BCUT2D eigenvalue weighted by atomic mass is 32.1. The molecule has 19 heavy (non-hydrogen) atoms. The van der Waals surface area contributed by atoms with E-state index in [1.807, 2.05) is 29.3 Å². The van der Waals surface area contributed by atoms with Crippen LogP contribution >= 0.6 is 11.3 Å². The lowest BCUT2D eigenvalue weighted by Gasteiger charge is -2.21. The summed E-state index contributed by atoms with van der Waals surface area (Å²) in [4.78, 5) is 14.9. The van der Waals surface area contributed by atoms with E-state index in [0.29, 0.717) is 23.7 Å². The normalized spacial score (nSPS) is 10.4. The maximum Gasteiger partial charge on any atom is 0.266 e. The van der Waals surface area contributed by atoms with Crippen LogP contribution in [-0.2, 0) is 6.54 Å². The number of nitrogen functional groups attached to an aromatic ring is 1. The Bertz CT molecular complexity index is 577. The van der Waals surface area contributed by atoms with Crippen molar-refractivity contribution in [2.45, 2.75) is 20.4 Å². The fourth-order valence-electron chi connectivity index (χ4n) is 1.96. The largest absolute Gasteiger partial charge is 0.397 e. The minimum atomic E-state index is 0.0123. The van der Waals surface area contributed by atoms with Crippen molar-refractivity contribution >= 4 is 22.9 Å². The van der Waals surface area contributed by atoms with E-state index in [1.54, 1.807) is 6.07 Å². The van der Waals surface area contributed by atoms with Gasteiger partial charge < -0.3 is 10.6 Å². The smallest absolute Gasteiger partial charge is 0.266 e. The van der Waals surface area contributed by atoms with Gasteiger partial charge in [0.25, 0.3) is 5.91 Å². The molecule has 0 bridgehead atoms. The second-order valence-electron chi connectivity index (χ2n) is 4.45. The van der Waals surface area contributed by atoms with Crippen molar-refractivity contribution in [3.05, 3.63) is 51.7 Å². The van der Waals surface area contributed by atoms with Gasteiger partial charge in [0.15, 0.2) is 0 Å². The number of hydrogen-bond donors (Lipinski definition) is 1. The minimum absolute atomic E-state index is 0.0123. The van der Waals surface area contributed by atoms with Crippen molar-refractivity contribution in [3.63, 3.8) is 0 Å². The first-order chi connectivity index (χ1) is 9.13. The summed E-state index contributed by atoms with van der Waals surface area (Å²) in [5, 5.41) is 1.85. The lowest BCUT2D eigenvalue weighted by atomic mass is 10.1. The molecule has 0 unspecified atom stereocenters. The highest BCUT2D eigenvalue weighted by Crippen LogP contribution is 2.22. The van der Waals surface area contributed by atoms with Crippen LogP contribution in [0.2, 0.25) is 0 Å². The van der Waals surface area contributed by atoms with Gasteiger partial charge in [0, 0.05) is 13.1 Å². The molecule has 100 valence electrons. The average Bonchev–Trinajstić information content (AvgIpc) is 2.83. The SMILES string of the molecule is CCN(Cc1ccccc1C)C(=O)c1sccc1N. The second-order valence-corrected chi connectivity index (χ2v) is 5.37. The summed E-state index contributed by atoms with van der Waals surface area (Å²) in [6, 6.07) is 9.91. The van der Waals surface area contributed by atoms with Crippen LogP contribution in [0.15, 0.2) is 35.7 Å². The quantitative estimate of drug-likeness (QED) is 0.929. The van der Waals surface area contributed by atoms with Gasteiger partial charge in [-0.25, -0.2) is 0 Å². The number of carbonyl (C=O) groups is 1. The van der Waals surface area contributed by atoms with Crippen LogP contribution in [0.25, 0.3) is 0 Å². The summed E-state index contributed by atoms with van der Waals surface area (Å²) in [7, 11) is 0. The third kappa shape index (κ3) is 2.96. The molecule has 1 heterocycles. The summed E-state index contributed by atoms with van der Waals surface area (Å²) in [5.41, 5.74) is 8.76. The van der Waals surface area contributed by atoms with Crippen molar-refractivity contribution in [3.8, 4) is 0 Å². The van der Waals surface area contributed by atoms with Crippen LogP contribution in [0.4, 0.5) is 5.69 Å². The molecule has 2 rings (SSSR count). The molecule has 1 aromatic heterocycles. The van der Waals surface area contributed by atoms with Crippen LogP contribution in [0.1, 0.15) is 27.7 Å². The Morgan fingerprint density at radius 3 is 2.63 bits per heavy atom. The summed E-state index contributed by atoms with van der Waals surface area (Å²) >= 11 is 1.40. The van der Waals surface area contributed by atoms with Crippen molar-refractivity contribution in [2.75, 3.05) is 12.3 Å². The molecule has 1 amide bonds. The molecule has 4 heteroatoms. The molecule has 2 aromatic rings. The number of nitrogens with two attached hydrogens (primary N) is 1. The first-order valence-electron chi connectivity index (χ1n) is 6.30. The highest BCUT2D eigenvalue weighted by molar-refractivity contribution is 7.12. The van der Waals surface area contributed by atoms with E-state index in [1.165, 1.54) is 22.5 Å². The summed E-state index contributed by atoms with van der Waals surface area (Å²) < 4.78 is 0. The molecule has 0 spiro atoms. The number of benzene rings is 1. The Morgan fingerprint density at radius 1 is 1.32 bits per heavy atom. The Labute approximate surface area is 117 Å². The van der Waals surface area contributed by atoms with E-state index in [0.717, 1.165) is 0 Å². The zero-order valence-corrected chi connectivity index (χ0v) is 12.0. The maximum atomic E-state index is 12.4. The van der Waals surface area contributed by atoms with Gasteiger partial charge in [-0.1, -0.05) is 24.3 Å². The molecule has 0 aliphatic heterocycles. The molecule has 2 N–H and O–H groups in total. The molecular formula is C15H18N2OS. The molecule has 0 radical (unpaired) electrons. The third-order valence-electron chi connectivity index (χ3n) is 3.18. The van der Waals surface area contributed by atoms with Crippen molar-refractivity contribution < 1.29 is 4.79 Å². The van der Waals surface area contributed by atoms with Crippen LogP contribution in [0.3, 0.4) is 0 Å². The van der Waals surface area contributed by atoms with Crippen LogP contribution in [0, 0.1) is 6.92 Å². The van der Waals surface area contributed by atoms with Crippen LogP contribution in [0.5, 0.6) is 0 Å². The van der Waals surface area contributed by atoms with E-state index >= 15 is 0 Å². The van der Waals surface area contributed by atoms with Crippen molar-refractivity contribution in [1.82, 2.24) is 4.90 Å². The Morgan fingerprint density at radius 2 is 2.05 bits per heavy atom. The van der Waals surface area contributed by atoms with Gasteiger partial charge >= 0.3 is 0 Å². The third-order valence-corrected chi connectivity index (χ3v) is 4.10. The second kappa shape index (κ2) is 5.89. The fourth-order valence-corrected chi connectivity index (χ4v) is 2.74. The van der Waals surface area contributed by atoms with E-state index in [9.17, 15) is 4.79 Å². The number of carbonyl (C=O) groups excluding carboxylic acids is 1. The highest BCUT2D eigenvalue weighted by Gasteiger charge is 2.18. The maximum absolute atomic E-state index is 12.4. The first kappa shape index (κ1) is 13.6. The Balaban J connectivity index is 2.20. The molecule has 0 fully saturated rings. The van der Waals surface area contributed by atoms with E-state index in [4.69, 9.17) is 5.73 Å². The summed E-state index contributed by atoms with van der Waals surface area (Å²) in [6.07, 6.45) is 0. The van der Waals surface area contributed by atoms with Gasteiger partial charge in [-0.2, -0.15) is 0 Å². The van der Waals surface area contributed by atoms with Gasteiger partial charge in [-0.15, -0.1) is 11.3 Å².